The average Bonchev–Trinajstić information content (AvgIpc) is 2.50. The lowest BCUT2D eigenvalue weighted by Crippen LogP contribution is -2.03. The quantitative estimate of drug-likeness (QED) is 0.727. The maximum atomic E-state index is 3.99. The minimum absolute atomic E-state index is 0.454. The Morgan fingerprint density at radius 2 is 2.45 bits per heavy atom. The molecule has 0 N–H and O–H groups in total. The Labute approximate surface area is 74.9 Å². The highest BCUT2D eigenvalue weighted by atomic mass is 79.9. The van der Waals surface area contributed by atoms with Crippen LogP contribution in [0, 0.1) is 0 Å². The van der Waals surface area contributed by atoms with Crippen molar-refractivity contribution in [3.05, 3.63) is 11.9 Å². The summed E-state index contributed by atoms with van der Waals surface area (Å²) in [6.07, 6.45) is 3.06. The molecule has 0 spiro atoms. The highest BCUT2D eigenvalue weighted by molar-refractivity contribution is 9.08. The number of halogens is 1. The topological polar surface area (TPSA) is 30.7 Å². The van der Waals surface area contributed by atoms with Crippen molar-refractivity contribution in [1.29, 1.82) is 0 Å². The summed E-state index contributed by atoms with van der Waals surface area (Å²) in [7, 11) is 0. The fourth-order valence-corrected chi connectivity index (χ4v) is 1.03. The smallest absolute Gasteiger partial charge is 0.0932 e. The number of alkyl halides is 1. The molecule has 11 heavy (non-hydrogen) atoms. The summed E-state index contributed by atoms with van der Waals surface area (Å²) < 4.78 is 1.90. The van der Waals surface area contributed by atoms with Crippen LogP contribution >= 0.6 is 15.9 Å². The largest absolute Gasteiger partial charge is 0.249 e. The van der Waals surface area contributed by atoms with Gasteiger partial charge in [0.2, 0.25) is 0 Å². The van der Waals surface area contributed by atoms with Crippen LogP contribution in [0.3, 0.4) is 0 Å². The molecule has 1 heterocycles. The molecule has 0 amide bonds. The van der Waals surface area contributed by atoms with Crippen LogP contribution in [0.5, 0.6) is 0 Å². The first-order valence-electron chi connectivity index (χ1n) is 3.74. The molecule has 1 unspecified atom stereocenters. The van der Waals surface area contributed by atoms with E-state index in [0.717, 1.165) is 17.4 Å². The summed E-state index contributed by atoms with van der Waals surface area (Å²) in [5, 5.41) is 8.75. The fraction of sp³-hybridized carbons (Fsp3) is 0.714. The Morgan fingerprint density at radius 1 is 1.73 bits per heavy atom. The van der Waals surface area contributed by atoms with E-state index in [9.17, 15) is 0 Å². The first-order valence-corrected chi connectivity index (χ1v) is 4.86. The zero-order valence-corrected chi connectivity index (χ0v) is 8.37. The average molecular weight is 218 g/mol. The third kappa shape index (κ3) is 2.02. The maximum absolute atomic E-state index is 3.99. The minimum atomic E-state index is 0.454. The van der Waals surface area contributed by atoms with Gasteiger partial charge in [-0.3, -0.25) is 0 Å². The van der Waals surface area contributed by atoms with Crippen molar-refractivity contribution in [2.24, 2.45) is 0 Å². The molecule has 0 fully saturated rings. The summed E-state index contributed by atoms with van der Waals surface area (Å²) >= 11 is 3.33. The van der Waals surface area contributed by atoms with Gasteiger partial charge < -0.3 is 0 Å². The van der Waals surface area contributed by atoms with Gasteiger partial charge in [0.25, 0.3) is 0 Å². The van der Waals surface area contributed by atoms with Crippen molar-refractivity contribution in [3.8, 4) is 0 Å². The normalized spacial score (nSPS) is 13.4. The third-order valence-corrected chi connectivity index (χ3v) is 2.31. The van der Waals surface area contributed by atoms with Crippen LogP contribution in [0.2, 0.25) is 0 Å². The second-order valence-corrected chi connectivity index (χ2v) is 3.14. The van der Waals surface area contributed by atoms with Crippen LogP contribution in [0.15, 0.2) is 6.20 Å². The number of nitrogens with zero attached hydrogens (tertiary/aromatic N) is 3. The molecule has 0 aliphatic rings. The predicted octanol–water partition coefficient (Wildman–Crippen LogP) is 2.14. The van der Waals surface area contributed by atoms with Gasteiger partial charge in [-0.25, -0.2) is 4.68 Å². The molecule has 1 aromatic rings. The lowest BCUT2D eigenvalue weighted by molar-refractivity contribution is 0.464. The third-order valence-electron chi connectivity index (χ3n) is 1.74. The molecule has 3 nitrogen and oxygen atoms in total. The molecule has 0 saturated heterocycles. The zero-order chi connectivity index (χ0) is 8.27. The van der Waals surface area contributed by atoms with Crippen LogP contribution in [0.25, 0.3) is 0 Å². The van der Waals surface area contributed by atoms with E-state index in [4.69, 9.17) is 0 Å². The van der Waals surface area contributed by atoms with Gasteiger partial charge in [0, 0.05) is 11.5 Å². The Kier molecular flexibility index (Phi) is 3.05. The predicted molar refractivity (Wildman–Crippen MR) is 47.7 cm³/mol. The molecule has 0 radical (unpaired) electrons. The molecule has 1 atom stereocenters. The molecule has 1 rings (SSSR count). The van der Waals surface area contributed by atoms with Crippen molar-refractivity contribution >= 4 is 15.9 Å². The summed E-state index contributed by atoms with van der Waals surface area (Å²) in [6, 6.07) is 0.454. The summed E-state index contributed by atoms with van der Waals surface area (Å²) in [5.74, 6) is 0. The first-order chi connectivity index (χ1) is 5.27. The number of aromatic nitrogens is 3. The molecule has 62 valence electrons. The standard InChI is InChI=1S/C7H12BrN3/c1-3-6(2)11-5-7(4-8)9-10-11/h5-6H,3-4H2,1-2H3. The van der Waals surface area contributed by atoms with Gasteiger partial charge in [0.15, 0.2) is 0 Å². The molecule has 0 aromatic carbocycles. The second kappa shape index (κ2) is 3.85. The van der Waals surface area contributed by atoms with Crippen LogP contribution in [0.4, 0.5) is 0 Å². The highest BCUT2D eigenvalue weighted by Crippen LogP contribution is 2.09. The molecule has 1 aromatic heterocycles. The van der Waals surface area contributed by atoms with Crippen molar-refractivity contribution < 1.29 is 0 Å². The van der Waals surface area contributed by atoms with E-state index in [2.05, 4.69) is 40.1 Å². The Balaban J connectivity index is 2.71. The monoisotopic (exact) mass is 217 g/mol. The Hall–Kier alpha value is -0.380. The van der Waals surface area contributed by atoms with E-state index in [1.165, 1.54) is 0 Å². The first kappa shape index (κ1) is 8.71. The fourth-order valence-electron chi connectivity index (χ4n) is 0.777. The molecule has 4 heteroatoms. The SMILES string of the molecule is CCC(C)n1cc(CBr)nn1. The van der Waals surface area contributed by atoms with Crippen molar-refractivity contribution in [1.82, 2.24) is 15.0 Å². The van der Waals surface area contributed by atoms with Crippen LogP contribution in [-0.4, -0.2) is 15.0 Å². The second-order valence-electron chi connectivity index (χ2n) is 2.58. The van der Waals surface area contributed by atoms with Gasteiger partial charge in [-0.15, -0.1) is 5.10 Å². The van der Waals surface area contributed by atoms with E-state index in [0.29, 0.717) is 6.04 Å². The van der Waals surface area contributed by atoms with Crippen molar-refractivity contribution in [3.63, 3.8) is 0 Å². The van der Waals surface area contributed by atoms with Crippen LogP contribution in [-0.2, 0) is 5.33 Å². The summed E-state index contributed by atoms with van der Waals surface area (Å²) in [6.45, 7) is 4.27. The molecule has 0 aliphatic heterocycles. The van der Waals surface area contributed by atoms with E-state index in [-0.39, 0.29) is 0 Å². The van der Waals surface area contributed by atoms with Crippen molar-refractivity contribution in [2.75, 3.05) is 0 Å². The van der Waals surface area contributed by atoms with Gasteiger partial charge in [0.05, 0.1) is 11.7 Å². The zero-order valence-electron chi connectivity index (χ0n) is 6.79. The Morgan fingerprint density at radius 3 is 2.91 bits per heavy atom. The van der Waals surface area contributed by atoms with Gasteiger partial charge in [0.1, 0.15) is 0 Å². The van der Waals surface area contributed by atoms with E-state index < -0.39 is 0 Å². The molecular weight excluding hydrogens is 206 g/mol. The van der Waals surface area contributed by atoms with E-state index in [1.807, 2.05) is 10.9 Å². The van der Waals surface area contributed by atoms with Gasteiger partial charge in [-0.2, -0.15) is 0 Å². The molecule has 0 bridgehead atoms. The molecule has 0 saturated carbocycles. The van der Waals surface area contributed by atoms with Crippen molar-refractivity contribution in [2.45, 2.75) is 31.6 Å². The summed E-state index contributed by atoms with van der Waals surface area (Å²) in [4.78, 5) is 0. The van der Waals surface area contributed by atoms with Gasteiger partial charge >= 0.3 is 0 Å². The Bertz CT molecular complexity index is 221. The summed E-state index contributed by atoms with van der Waals surface area (Å²) in [5.41, 5.74) is 0.991. The van der Waals surface area contributed by atoms with Crippen LogP contribution in [0.1, 0.15) is 32.0 Å². The van der Waals surface area contributed by atoms with E-state index in [1.54, 1.807) is 0 Å². The number of hydrogen-bond acceptors (Lipinski definition) is 2. The molecule has 0 aliphatic carbocycles. The molecular formula is C7H12BrN3. The lowest BCUT2D eigenvalue weighted by Gasteiger charge is -2.05. The highest BCUT2D eigenvalue weighted by Gasteiger charge is 2.03. The maximum Gasteiger partial charge on any atom is 0.0932 e. The van der Waals surface area contributed by atoms with E-state index >= 15 is 0 Å². The van der Waals surface area contributed by atoms with Gasteiger partial charge in [-0.1, -0.05) is 28.1 Å². The number of hydrogen-bond donors (Lipinski definition) is 0. The lowest BCUT2D eigenvalue weighted by atomic mass is 10.3. The minimum Gasteiger partial charge on any atom is -0.249 e. The van der Waals surface area contributed by atoms with Gasteiger partial charge in [-0.05, 0) is 13.3 Å². The number of rotatable bonds is 3. The van der Waals surface area contributed by atoms with Crippen LogP contribution < -0.4 is 0 Å².